The quantitative estimate of drug-likeness (QED) is 0.722. The van der Waals surface area contributed by atoms with Crippen LogP contribution >= 0.6 is 0 Å². The van der Waals surface area contributed by atoms with Gasteiger partial charge in [-0.1, -0.05) is 13.8 Å². The Kier molecular flexibility index (Phi) is 4.41. The molecule has 86 valence electrons. The molecule has 4 nitrogen and oxygen atoms in total. The van der Waals surface area contributed by atoms with Gasteiger partial charge >= 0.3 is 11.4 Å². The van der Waals surface area contributed by atoms with Gasteiger partial charge in [-0.2, -0.15) is 4.21 Å². The van der Waals surface area contributed by atoms with Crippen LogP contribution in [-0.4, -0.2) is 31.2 Å². The first-order chi connectivity index (χ1) is 7.08. The first-order valence-electron chi connectivity index (χ1n) is 4.94. The Morgan fingerprint density at radius 2 is 2.13 bits per heavy atom. The zero-order valence-corrected chi connectivity index (χ0v) is 10.1. The van der Waals surface area contributed by atoms with Gasteiger partial charge in [0.2, 0.25) is 0 Å². The molecule has 0 saturated carbocycles. The molecule has 0 amide bonds. The highest BCUT2D eigenvalue weighted by atomic mass is 32.2. The number of halogens is 1. The maximum Gasteiger partial charge on any atom is 0.309 e. The molecule has 0 aliphatic rings. The number of hydrogen-bond donors (Lipinski definition) is 0. The molecule has 1 atom stereocenters. The summed E-state index contributed by atoms with van der Waals surface area (Å²) in [5, 5.41) is 0. The van der Waals surface area contributed by atoms with E-state index in [1.165, 1.54) is 6.20 Å². The third-order valence-corrected chi connectivity index (χ3v) is 3.00. The number of nitrogens with zero attached hydrogens (tertiary/aromatic N) is 3. The van der Waals surface area contributed by atoms with Gasteiger partial charge in [0.25, 0.3) is 0 Å². The maximum absolute atomic E-state index is 12.6. The maximum atomic E-state index is 12.6. The van der Waals surface area contributed by atoms with Crippen molar-refractivity contribution >= 4 is 11.4 Å². The average molecular weight is 233 g/mol. The van der Waals surface area contributed by atoms with Crippen molar-refractivity contribution in [2.75, 3.05) is 13.1 Å². The smallest absolute Gasteiger partial charge is 0.298 e. The van der Waals surface area contributed by atoms with Crippen LogP contribution in [0.25, 0.3) is 0 Å². The molecule has 0 aliphatic carbocycles. The highest BCUT2D eigenvalue weighted by molar-refractivity contribution is 7.78. The van der Waals surface area contributed by atoms with Crippen molar-refractivity contribution in [1.29, 1.82) is 0 Å². The van der Waals surface area contributed by atoms with Crippen LogP contribution in [0.3, 0.4) is 0 Å². The Balaban J connectivity index is 2.79. The van der Waals surface area contributed by atoms with E-state index in [2.05, 4.69) is 23.7 Å². The highest BCUT2D eigenvalue weighted by Crippen LogP contribution is 2.07. The fraction of sp³-hybridized carbons (Fsp3) is 0.667. The zero-order valence-electron chi connectivity index (χ0n) is 9.23. The number of aryl methyl sites for hydroxylation is 1. The van der Waals surface area contributed by atoms with Crippen molar-refractivity contribution in [3.63, 3.8) is 0 Å². The summed E-state index contributed by atoms with van der Waals surface area (Å²) in [6, 6.07) is 0. The first kappa shape index (κ1) is 12.3. The van der Waals surface area contributed by atoms with Crippen molar-refractivity contribution in [2.45, 2.75) is 27.3 Å². The van der Waals surface area contributed by atoms with Gasteiger partial charge in [-0.25, -0.2) is 8.96 Å². The summed E-state index contributed by atoms with van der Waals surface area (Å²) in [6.45, 7) is 8.25. The van der Waals surface area contributed by atoms with E-state index >= 15 is 0 Å². The predicted molar refractivity (Wildman–Crippen MR) is 58.2 cm³/mol. The van der Waals surface area contributed by atoms with Gasteiger partial charge in [-0.15, -0.1) is 3.89 Å². The van der Waals surface area contributed by atoms with E-state index in [0.717, 1.165) is 22.8 Å². The van der Waals surface area contributed by atoms with Crippen molar-refractivity contribution in [3.05, 3.63) is 17.7 Å². The second-order valence-electron chi connectivity index (χ2n) is 3.27. The first-order valence-corrected chi connectivity index (χ1v) is 5.94. The normalized spacial score (nSPS) is 13.4. The molecule has 1 aromatic rings. The van der Waals surface area contributed by atoms with E-state index in [0.29, 0.717) is 12.4 Å². The minimum atomic E-state index is -2.50. The van der Waals surface area contributed by atoms with Gasteiger partial charge in [0, 0.05) is 12.7 Å². The van der Waals surface area contributed by atoms with Crippen molar-refractivity contribution < 1.29 is 8.09 Å². The summed E-state index contributed by atoms with van der Waals surface area (Å²) >= 11 is -2.50. The summed E-state index contributed by atoms with van der Waals surface area (Å²) in [5.41, 5.74) is 0.752. The lowest BCUT2D eigenvalue weighted by atomic mass is 10.4. The molecular weight excluding hydrogens is 217 g/mol. The lowest BCUT2D eigenvalue weighted by Crippen LogP contribution is -2.22. The van der Waals surface area contributed by atoms with Gasteiger partial charge in [0.05, 0.1) is 5.69 Å². The summed E-state index contributed by atoms with van der Waals surface area (Å²) in [7, 11) is 0. The van der Waals surface area contributed by atoms with Crippen molar-refractivity contribution in [1.82, 2.24) is 13.9 Å². The molecule has 0 bridgehead atoms. The molecule has 0 spiro atoms. The lowest BCUT2D eigenvalue weighted by molar-refractivity contribution is 0.292. The minimum absolute atomic E-state index is 0.443. The standard InChI is InChI=1S/C9H16FN3OS/c1-4-12(5-2)6-9-7-13(15(10)14)8(3)11-9/h7H,4-6H2,1-3H3. The molecule has 0 aliphatic heterocycles. The Labute approximate surface area is 92.0 Å². The molecular formula is C9H16FN3OS. The van der Waals surface area contributed by atoms with E-state index in [-0.39, 0.29) is 0 Å². The molecule has 1 unspecified atom stereocenters. The Hall–Kier alpha value is -0.750. The van der Waals surface area contributed by atoms with Crippen molar-refractivity contribution in [3.8, 4) is 0 Å². The van der Waals surface area contributed by atoms with Crippen molar-refractivity contribution in [2.24, 2.45) is 0 Å². The van der Waals surface area contributed by atoms with E-state index in [1.54, 1.807) is 6.92 Å². The van der Waals surface area contributed by atoms with E-state index < -0.39 is 11.4 Å². The molecule has 0 fully saturated rings. The highest BCUT2D eigenvalue weighted by Gasteiger charge is 2.10. The van der Waals surface area contributed by atoms with Crippen LogP contribution in [0, 0.1) is 6.92 Å². The van der Waals surface area contributed by atoms with Gasteiger partial charge in [-0.3, -0.25) is 4.90 Å². The third kappa shape index (κ3) is 3.10. The second kappa shape index (κ2) is 5.37. The van der Waals surface area contributed by atoms with E-state index in [4.69, 9.17) is 0 Å². The number of aromatic nitrogens is 2. The summed E-state index contributed by atoms with van der Waals surface area (Å²) in [4.78, 5) is 6.32. The number of hydrogen-bond acceptors (Lipinski definition) is 3. The molecule has 0 radical (unpaired) electrons. The largest absolute Gasteiger partial charge is 0.309 e. The van der Waals surface area contributed by atoms with Crippen LogP contribution in [-0.2, 0) is 17.9 Å². The fourth-order valence-corrected chi connectivity index (χ4v) is 1.87. The zero-order chi connectivity index (χ0) is 11.4. The van der Waals surface area contributed by atoms with E-state index in [9.17, 15) is 8.09 Å². The molecule has 1 rings (SSSR count). The molecule has 6 heteroatoms. The Morgan fingerprint density at radius 1 is 1.53 bits per heavy atom. The SMILES string of the molecule is CCN(CC)Cc1cn(S(=O)F)c(C)n1. The average Bonchev–Trinajstić information content (AvgIpc) is 2.56. The van der Waals surface area contributed by atoms with Gasteiger partial charge in [0.1, 0.15) is 5.82 Å². The number of imidazole rings is 1. The molecule has 1 heterocycles. The van der Waals surface area contributed by atoms with Gasteiger partial charge in [-0.05, 0) is 20.0 Å². The molecule has 15 heavy (non-hydrogen) atoms. The Morgan fingerprint density at radius 3 is 2.53 bits per heavy atom. The van der Waals surface area contributed by atoms with Gasteiger partial charge < -0.3 is 0 Å². The van der Waals surface area contributed by atoms with E-state index in [1.807, 2.05) is 0 Å². The van der Waals surface area contributed by atoms with Crippen LogP contribution in [0.5, 0.6) is 0 Å². The number of rotatable bonds is 5. The van der Waals surface area contributed by atoms with Crippen LogP contribution < -0.4 is 0 Å². The Bertz CT molecular complexity index is 349. The fourth-order valence-electron chi connectivity index (χ4n) is 1.41. The van der Waals surface area contributed by atoms with Crippen LogP contribution in [0.4, 0.5) is 3.89 Å². The molecule has 1 aromatic heterocycles. The topological polar surface area (TPSA) is 38.1 Å². The minimum Gasteiger partial charge on any atom is -0.298 e. The second-order valence-corrected chi connectivity index (χ2v) is 4.08. The summed E-state index contributed by atoms with van der Waals surface area (Å²) in [6.07, 6.45) is 1.50. The van der Waals surface area contributed by atoms with Gasteiger partial charge in [0.15, 0.2) is 0 Å². The third-order valence-electron chi connectivity index (χ3n) is 2.33. The summed E-state index contributed by atoms with van der Waals surface area (Å²) < 4.78 is 24.3. The van der Waals surface area contributed by atoms with Crippen LogP contribution in [0.1, 0.15) is 25.4 Å². The van der Waals surface area contributed by atoms with Crippen LogP contribution in [0.2, 0.25) is 0 Å². The monoisotopic (exact) mass is 233 g/mol. The molecule has 0 N–H and O–H groups in total. The lowest BCUT2D eigenvalue weighted by Gasteiger charge is -2.15. The van der Waals surface area contributed by atoms with Crippen LogP contribution in [0.15, 0.2) is 6.20 Å². The molecule has 0 saturated heterocycles. The molecule has 0 aromatic carbocycles. The predicted octanol–water partition coefficient (Wildman–Crippen LogP) is 1.43. The summed E-state index contributed by atoms with van der Waals surface area (Å²) in [5.74, 6) is 0.443.